The highest BCUT2D eigenvalue weighted by Gasteiger charge is 2.13. The molecule has 0 saturated heterocycles. The summed E-state index contributed by atoms with van der Waals surface area (Å²) in [7, 11) is 1.88. The zero-order valence-corrected chi connectivity index (χ0v) is 9.94. The summed E-state index contributed by atoms with van der Waals surface area (Å²) in [6, 6.07) is 0. The first-order valence-corrected chi connectivity index (χ1v) is 5.62. The fraction of sp³-hybridized carbons (Fsp3) is 0.636. The van der Waals surface area contributed by atoms with Crippen molar-refractivity contribution in [2.75, 3.05) is 13.1 Å². The van der Waals surface area contributed by atoms with Gasteiger partial charge in [-0.3, -0.25) is 9.48 Å². The number of rotatable bonds is 6. The molecule has 0 aliphatic carbocycles. The molecule has 3 N–H and O–H groups in total. The minimum absolute atomic E-state index is 0.0499. The molecular formula is C11H20N4O. The Labute approximate surface area is 96.0 Å². The molecule has 0 spiro atoms. The minimum atomic E-state index is -0.0612. The fourth-order valence-corrected chi connectivity index (χ4v) is 1.53. The Morgan fingerprint density at radius 2 is 2.44 bits per heavy atom. The van der Waals surface area contributed by atoms with Gasteiger partial charge in [-0.15, -0.1) is 0 Å². The van der Waals surface area contributed by atoms with E-state index in [0.717, 1.165) is 18.4 Å². The second-order valence-electron chi connectivity index (χ2n) is 3.90. The van der Waals surface area contributed by atoms with Crippen LogP contribution >= 0.6 is 0 Å². The Morgan fingerprint density at radius 1 is 1.69 bits per heavy atom. The second kappa shape index (κ2) is 6.27. The number of hydrogen-bond donors (Lipinski definition) is 2. The lowest BCUT2D eigenvalue weighted by Crippen LogP contribution is -2.35. The maximum atomic E-state index is 11.6. The van der Waals surface area contributed by atoms with Gasteiger partial charge in [-0.05, 0) is 18.4 Å². The second-order valence-corrected chi connectivity index (χ2v) is 3.90. The van der Waals surface area contributed by atoms with Crippen LogP contribution < -0.4 is 11.1 Å². The van der Waals surface area contributed by atoms with Crippen LogP contribution in [0.2, 0.25) is 0 Å². The summed E-state index contributed by atoms with van der Waals surface area (Å²) in [4.78, 5) is 11.6. The first kappa shape index (κ1) is 12.7. The Balaban J connectivity index is 2.27. The van der Waals surface area contributed by atoms with Gasteiger partial charge in [0.05, 0.1) is 6.20 Å². The Kier molecular flexibility index (Phi) is 4.98. The van der Waals surface area contributed by atoms with E-state index in [1.807, 2.05) is 26.4 Å². The molecule has 0 aliphatic heterocycles. The lowest BCUT2D eigenvalue weighted by atomic mass is 10.1. The van der Waals surface area contributed by atoms with E-state index in [0.29, 0.717) is 13.1 Å². The van der Waals surface area contributed by atoms with E-state index in [-0.39, 0.29) is 11.8 Å². The number of aryl methyl sites for hydroxylation is 1. The maximum Gasteiger partial charge on any atom is 0.224 e. The van der Waals surface area contributed by atoms with Crippen LogP contribution in [0.3, 0.4) is 0 Å². The van der Waals surface area contributed by atoms with Crippen molar-refractivity contribution in [1.29, 1.82) is 0 Å². The molecule has 90 valence electrons. The molecule has 1 rings (SSSR count). The van der Waals surface area contributed by atoms with Crippen molar-refractivity contribution in [3.63, 3.8) is 0 Å². The van der Waals surface area contributed by atoms with Crippen LogP contribution in [0.25, 0.3) is 0 Å². The highest BCUT2D eigenvalue weighted by Crippen LogP contribution is 2.00. The third-order valence-electron chi connectivity index (χ3n) is 2.62. The van der Waals surface area contributed by atoms with Crippen molar-refractivity contribution < 1.29 is 4.79 Å². The van der Waals surface area contributed by atoms with Crippen molar-refractivity contribution in [2.24, 2.45) is 18.7 Å². The number of nitrogens with two attached hydrogens (primary N) is 1. The average Bonchev–Trinajstić information content (AvgIpc) is 2.66. The lowest BCUT2D eigenvalue weighted by Gasteiger charge is -2.11. The molecule has 0 fully saturated rings. The molecule has 0 radical (unpaired) electrons. The average molecular weight is 224 g/mol. The van der Waals surface area contributed by atoms with Crippen LogP contribution in [0.5, 0.6) is 0 Å². The molecule has 1 atom stereocenters. The first-order chi connectivity index (χ1) is 7.67. The number of amides is 1. The van der Waals surface area contributed by atoms with Gasteiger partial charge in [-0.1, -0.05) is 6.92 Å². The number of carbonyl (C=O) groups is 1. The number of nitrogens with zero attached hydrogens (tertiary/aromatic N) is 2. The molecule has 1 amide bonds. The Bertz CT molecular complexity index is 330. The van der Waals surface area contributed by atoms with Crippen LogP contribution in [-0.4, -0.2) is 28.8 Å². The van der Waals surface area contributed by atoms with E-state index in [4.69, 9.17) is 5.73 Å². The topological polar surface area (TPSA) is 72.9 Å². The van der Waals surface area contributed by atoms with E-state index >= 15 is 0 Å². The molecule has 5 heteroatoms. The summed E-state index contributed by atoms with van der Waals surface area (Å²) in [6.07, 6.45) is 5.36. The van der Waals surface area contributed by atoms with E-state index < -0.39 is 0 Å². The molecule has 0 bridgehead atoms. The SMILES string of the molecule is CCC(CN)C(=O)NCCc1cnn(C)c1. The smallest absolute Gasteiger partial charge is 0.224 e. The third kappa shape index (κ3) is 3.66. The molecule has 16 heavy (non-hydrogen) atoms. The number of hydrogen-bond acceptors (Lipinski definition) is 3. The summed E-state index contributed by atoms with van der Waals surface area (Å²) in [6.45, 7) is 3.02. The number of nitrogens with one attached hydrogen (secondary N) is 1. The van der Waals surface area contributed by atoms with Gasteiger partial charge in [-0.2, -0.15) is 5.10 Å². The maximum absolute atomic E-state index is 11.6. The highest BCUT2D eigenvalue weighted by molar-refractivity contribution is 5.78. The molecule has 1 unspecified atom stereocenters. The summed E-state index contributed by atoms with van der Waals surface area (Å²) in [5.74, 6) is -0.0113. The van der Waals surface area contributed by atoms with E-state index in [1.165, 1.54) is 0 Å². The number of carbonyl (C=O) groups excluding carboxylic acids is 1. The van der Waals surface area contributed by atoms with Gasteiger partial charge in [0.15, 0.2) is 0 Å². The highest BCUT2D eigenvalue weighted by atomic mass is 16.1. The van der Waals surface area contributed by atoms with E-state index in [9.17, 15) is 4.79 Å². The molecule has 5 nitrogen and oxygen atoms in total. The van der Waals surface area contributed by atoms with Crippen molar-refractivity contribution in [2.45, 2.75) is 19.8 Å². The molecule has 1 heterocycles. The minimum Gasteiger partial charge on any atom is -0.355 e. The summed E-state index contributed by atoms with van der Waals surface area (Å²) < 4.78 is 1.76. The van der Waals surface area contributed by atoms with Crippen molar-refractivity contribution in [1.82, 2.24) is 15.1 Å². The molecule has 0 aliphatic rings. The van der Waals surface area contributed by atoms with Gasteiger partial charge in [-0.25, -0.2) is 0 Å². The third-order valence-corrected chi connectivity index (χ3v) is 2.62. The molecular weight excluding hydrogens is 204 g/mol. The van der Waals surface area contributed by atoms with Gasteiger partial charge in [0.1, 0.15) is 0 Å². The largest absolute Gasteiger partial charge is 0.355 e. The monoisotopic (exact) mass is 224 g/mol. The van der Waals surface area contributed by atoms with Crippen LogP contribution in [0.15, 0.2) is 12.4 Å². The summed E-state index contributed by atoms with van der Waals surface area (Å²) in [5, 5.41) is 6.95. The van der Waals surface area contributed by atoms with Gasteiger partial charge in [0, 0.05) is 32.3 Å². The van der Waals surface area contributed by atoms with Crippen LogP contribution in [0.4, 0.5) is 0 Å². The zero-order chi connectivity index (χ0) is 12.0. The van der Waals surface area contributed by atoms with Crippen LogP contribution in [0.1, 0.15) is 18.9 Å². The summed E-state index contributed by atoms with van der Waals surface area (Å²) >= 11 is 0. The fourth-order valence-electron chi connectivity index (χ4n) is 1.53. The normalized spacial score (nSPS) is 12.4. The summed E-state index contributed by atoms with van der Waals surface area (Å²) in [5.41, 5.74) is 6.62. The van der Waals surface area contributed by atoms with Gasteiger partial charge in [0.2, 0.25) is 5.91 Å². The van der Waals surface area contributed by atoms with Gasteiger partial charge >= 0.3 is 0 Å². The lowest BCUT2D eigenvalue weighted by molar-refractivity contribution is -0.124. The molecule has 1 aromatic heterocycles. The van der Waals surface area contributed by atoms with E-state index in [1.54, 1.807) is 4.68 Å². The molecule has 0 saturated carbocycles. The Hall–Kier alpha value is -1.36. The standard InChI is InChI=1S/C11H20N4O/c1-3-10(6-12)11(16)13-5-4-9-7-14-15(2)8-9/h7-8,10H,3-6,12H2,1-2H3,(H,13,16). The molecule has 0 aromatic carbocycles. The zero-order valence-electron chi connectivity index (χ0n) is 9.94. The van der Waals surface area contributed by atoms with Gasteiger partial charge < -0.3 is 11.1 Å². The first-order valence-electron chi connectivity index (χ1n) is 5.62. The van der Waals surface area contributed by atoms with E-state index in [2.05, 4.69) is 10.4 Å². The predicted octanol–water partition coefficient (Wildman–Crippen LogP) is 0.0637. The van der Waals surface area contributed by atoms with Crippen LogP contribution in [-0.2, 0) is 18.3 Å². The van der Waals surface area contributed by atoms with Crippen molar-refractivity contribution in [3.8, 4) is 0 Å². The number of aromatic nitrogens is 2. The Morgan fingerprint density at radius 3 is 2.94 bits per heavy atom. The van der Waals surface area contributed by atoms with Crippen LogP contribution in [0, 0.1) is 5.92 Å². The van der Waals surface area contributed by atoms with Crippen molar-refractivity contribution >= 4 is 5.91 Å². The predicted molar refractivity (Wildman–Crippen MR) is 62.8 cm³/mol. The van der Waals surface area contributed by atoms with Gasteiger partial charge in [0.25, 0.3) is 0 Å². The molecule has 1 aromatic rings. The quantitative estimate of drug-likeness (QED) is 0.718. The van der Waals surface area contributed by atoms with Crippen molar-refractivity contribution in [3.05, 3.63) is 18.0 Å².